The Kier molecular flexibility index (Phi) is 6.34. The van der Waals surface area contributed by atoms with Crippen molar-refractivity contribution in [2.75, 3.05) is 18.6 Å². The zero-order valence-corrected chi connectivity index (χ0v) is 19.0. The standard InChI is InChI=1S/C25H24N4O5/c1-25(2,32)8-6-16-4-5-22-21(12-16)29(3)24(31)20(14-34-22)28-23(30)19-11-17(7-9-26-19)10-18-13-33-15-27-18/h4-5,7,9,11-13,15,20,32H,10,14H2,1-3H3,(H,28,30). The van der Waals surface area contributed by atoms with Crippen LogP contribution in [0.2, 0.25) is 0 Å². The van der Waals surface area contributed by atoms with Crippen molar-refractivity contribution in [1.82, 2.24) is 15.3 Å². The zero-order valence-electron chi connectivity index (χ0n) is 19.0. The number of aromatic nitrogens is 2. The van der Waals surface area contributed by atoms with Crippen LogP contribution in [0.4, 0.5) is 5.69 Å². The molecular weight excluding hydrogens is 436 g/mol. The molecule has 9 heteroatoms. The lowest BCUT2D eigenvalue weighted by Crippen LogP contribution is -2.49. The number of anilines is 1. The monoisotopic (exact) mass is 460 g/mol. The Hall–Kier alpha value is -4.16. The van der Waals surface area contributed by atoms with E-state index >= 15 is 0 Å². The van der Waals surface area contributed by atoms with Crippen molar-refractivity contribution >= 4 is 17.5 Å². The van der Waals surface area contributed by atoms with E-state index in [0.717, 1.165) is 11.3 Å². The van der Waals surface area contributed by atoms with Gasteiger partial charge in [-0.25, -0.2) is 4.98 Å². The molecule has 0 radical (unpaired) electrons. The van der Waals surface area contributed by atoms with Crippen LogP contribution in [0, 0.1) is 11.8 Å². The lowest BCUT2D eigenvalue weighted by molar-refractivity contribution is -0.120. The number of carbonyl (C=O) groups is 2. The molecule has 0 saturated carbocycles. The third-order valence-electron chi connectivity index (χ3n) is 5.10. The number of hydrogen-bond acceptors (Lipinski definition) is 7. The molecule has 2 amide bonds. The summed E-state index contributed by atoms with van der Waals surface area (Å²) in [5.74, 6) is 5.31. The minimum atomic E-state index is -1.14. The predicted molar refractivity (Wildman–Crippen MR) is 123 cm³/mol. The third kappa shape index (κ3) is 5.42. The fourth-order valence-electron chi connectivity index (χ4n) is 3.38. The topological polar surface area (TPSA) is 118 Å². The van der Waals surface area contributed by atoms with Crippen LogP contribution >= 0.6 is 0 Å². The minimum absolute atomic E-state index is 0.0325. The number of oxazole rings is 1. The van der Waals surface area contributed by atoms with E-state index in [0.29, 0.717) is 23.4 Å². The van der Waals surface area contributed by atoms with Gasteiger partial charge in [-0.15, -0.1) is 0 Å². The van der Waals surface area contributed by atoms with Crippen molar-refractivity contribution in [2.45, 2.75) is 31.9 Å². The lowest BCUT2D eigenvalue weighted by Gasteiger charge is -2.20. The molecule has 3 aromatic rings. The summed E-state index contributed by atoms with van der Waals surface area (Å²) in [6, 6.07) is 7.71. The summed E-state index contributed by atoms with van der Waals surface area (Å²) in [7, 11) is 1.61. The normalized spacial score (nSPS) is 15.5. The van der Waals surface area contributed by atoms with Crippen molar-refractivity contribution in [3.05, 3.63) is 71.7 Å². The number of rotatable bonds is 4. The molecule has 34 heavy (non-hydrogen) atoms. The van der Waals surface area contributed by atoms with Gasteiger partial charge >= 0.3 is 0 Å². The average Bonchev–Trinajstić information content (AvgIpc) is 3.28. The maximum absolute atomic E-state index is 13.1. The first-order valence-electron chi connectivity index (χ1n) is 10.6. The van der Waals surface area contributed by atoms with Crippen LogP contribution in [0.25, 0.3) is 0 Å². The Morgan fingerprint density at radius 3 is 2.85 bits per heavy atom. The summed E-state index contributed by atoms with van der Waals surface area (Å²) in [4.78, 5) is 35.6. The number of carbonyl (C=O) groups excluding carboxylic acids is 2. The van der Waals surface area contributed by atoms with E-state index in [1.807, 2.05) is 0 Å². The molecule has 1 aliphatic heterocycles. The second-order valence-electron chi connectivity index (χ2n) is 8.43. The van der Waals surface area contributed by atoms with Crippen molar-refractivity contribution < 1.29 is 23.8 Å². The summed E-state index contributed by atoms with van der Waals surface area (Å²) in [6.45, 7) is 3.15. The molecule has 0 bridgehead atoms. The zero-order chi connectivity index (χ0) is 24.3. The molecule has 1 atom stereocenters. The van der Waals surface area contributed by atoms with E-state index in [1.54, 1.807) is 51.2 Å². The van der Waals surface area contributed by atoms with Crippen LogP contribution in [0.1, 0.15) is 41.2 Å². The van der Waals surface area contributed by atoms with Gasteiger partial charge in [0.1, 0.15) is 36.0 Å². The van der Waals surface area contributed by atoms with E-state index < -0.39 is 17.6 Å². The number of ether oxygens (including phenoxy) is 1. The molecule has 1 aromatic carbocycles. The number of benzene rings is 1. The van der Waals surface area contributed by atoms with Crippen LogP contribution in [0.5, 0.6) is 5.75 Å². The number of nitrogens with zero attached hydrogens (tertiary/aromatic N) is 3. The third-order valence-corrected chi connectivity index (χ3v) is 5.10. The Morgan fingerprint density at radius 2 is 2.12 bits per heavy atom. The summed E-state index contributed by atoms with van der Waals surface area (Å²) in [5.41, 5.74) is 1.76. The van der Waals surface area contributed by atoms with Gasteiger partial charge in [0, 0.05) is 25.2 Å². The number of amides is 2. The van der Waals surface area contributed by atoms with Gasteiger partial charge < -0.3 is 24.5 Å². The lowest BCUT2D eigenvalue weighted by atomic mass is 10.1. The first-order chi connectivity index (χ1) is 16.2. The van der Waals surface area contributed by atoms with E-state index in [1.165, 1.54) is 23.8 Å². The molecule has 0 aliphatic carbocycles. The highest BCUT2D eigenvalue weighted by Crippen LogP contribution is 2.31. The molecule has 0 spiro atoms. The summed E-state index contributed by atoms with van der Waals surface area (Å²) < 4.78 is 10.8. The van der Waals surface area contributed by atoms with Crippen LogP contribution in [-0.2, 0) is 11.2 Å². The van der Waals surface area contributed by atoms with Gasteiger partial charge in [-0.3, -0.25) is 14.6 Å². The van der Waals surface area contributed by atoms with E-state index in [4.69, 9.17) is 9.15 Å². The van der Waals surface area contributed by atoms with Crippen molar-refractivity contribution in [3.63, 3.8) is 0 Å². The van der Waals surface area contributed by atoms with Gasteiger partial charge in [-0.1, -0.05) is 11.8 Å². The highest BCUT2D eigenvalue weighted by molar-refractivity contribution is 6.03. The van der Waals surface area contributed by atoms with E-state index in [-0.39, 0.29) is 18.2 Å². The van der Waals surface area contributed by atoms with Crippen molar-refractivity contribution in [3.8, 4) is 17.6 Å². The van der Waals surface area contributed by atoms with Crippen LogP contribution in [0.3, 0.4) is 0 Å². The van der Waals surface area contributed by atoms with Gasteiger partial charge in [0.15, 0.2) is 6.39 Å². The second kappa shape index (κ2) is 9.37. The first kappa shape index (κ1) is 23.0. The number of pyridine rings is 1. The van der Waals surface area contributed by atoms with Gasteiger partial charge in [0.2, 0.25) is 0 Å². The smallest absolute Gasteiger partial charge is 0.270 e. The van der Waals surface area contributed by atoms with E-state index in [2.05, 4.69) is 27.1 Å². The van der Waals surface area contributed by atoms with E-state index in [9.17, 15) is 14.7 Å². The van der Waals surface area contributed by atoms with Crippen LogP contribution < -0.4 is 15.0 Å². The first-order valence-corrected chi connectivity index (χ1v) is 10.6. The molecular formula is C25H24N4O5. The fraction of sp³-hybridized carbons (Fsp3) is 0.280. The average molecular weight is 460 g/mol. The molecule has 9 nitrogen and oxygen atoms in total. The molecule has 1 unspecified atom stereocenters. The van der Waals surface area contributed by atoms with Crippen molar-refractivity contribution in [2.24, 2.45) is 0 Å². The minimum Gasteiger partial charge on any atom is -0.489 e. The molecule has 0 saturated heterocycles. The summed E-state index contributed by atoms with van der Waals surface area (Å²) in [6.07, 6.45) is 4.91. The Labute approximate surface area is 196 Å². The largest absolute Gasteiger partial charge is 0.489 e. The highest BCUT2D eigenvalue weighted by Gasteiger charge is 2.31. The Bertz CT molecular complexity index is 1270. The molecule has 0 fully saturated rings. The number of likely N-dealkylation sites (N-methyl/N-ethyl adjacent to an activating group) is 1. The molecule has 2 N–H and O–H groups in total. The molecule has 174 valence electrons. The van der Waals surface area contributed by atoms with Gasteiger partial charge in [0.25, 0.3) is 11.8 Å². The fourth-order valence-corrected chi connectivity index (χ4v) is 3.38. The van der Waals surface area contributed by atoms with Gasteiger partial charge in [0.05, 0.1) is 11.4 Å². The SMILES string of the molecule is CN1C(=O)C(NC(=O)c2cc(Cc3cocn3)ccn2)COc2ccc(C#CC(C)(C)O)cc21. The molecule has 3 heterocycles. The van der Waals surface area contributed by atoms with Gasteiger partial charge in [-0.2, -0.15) is 0 Å². The van der Waals surface area contributed by atoms with Crippen LogP contribution in [-0.4, -0.2) is 52.2 Å². The summed E-state index contributed by atoms with van der Waals surface area (Å²) >= 11 is 0. The quantitative estimate of drug-likeness (QED) is 0.571. The predicted octanol–water partition coefficient (Wildman–Crippen LogP) is 1.94. The Balaban J connectivity index is 1.49. The van der Waals surface area contributed by atoms with Gasteiger partial charge in [-0.05, 0) is 49.7 Å². The molecule has 4 rings (SSSR count). The molecule has 2 aromatic heterocycles. The highest BCUT2D eigenvalue weighted by atomic mass is 16.5. The second-order valence-corrected chi connectivity index (χ2v) is 8.43. The number of hydrogen-bond donors (Lipinski definition) is 2. The van der Waals surface area contributed by atoms with Crippen LogP contribution in [0.15, 0.2) is 53.6 Å². The number of fused-ring (bicyclic) bond motifs is 1. The summed E-state index contributed by atoms with van der Waals surface area (Å²) in [5, 5.41) is 12.6. The number of nitrogens with one attached hydrogen (secondary N) is 1. The van der Waals surface area contributed by atoms with Crippen molar-refractivity contribution in [1.29, 1.82) is 0 Å². The Morgan fingerprint density at radius 1 is 1.29 bits per heavy atom. The maximum atomic E-state index is 13.1. The maximum Gasteiger partial charge on any atom is 0.270 e. The number of aliphatic hydroxyl groups is 1. The molecule has 1 aliphatic rings.